The van der Waals surface area contributed by atoms with Crippen molar-refractivity contribution in [2.75, 3.05) is 7.05 Å². The minimum atomic E-state index is -0.120. The predicted molar refractivity (Wildman–Crippen MR) is 78.9 cm³/mol. The Morgan fingerprint density at radius 2 is 2.00 bits per heavy atom. The van der Waals surface area contributed by atoms with Crippen LogP contribution in [0.15, 0.2) is 47.1 Å². The first-order valence-electron chi connectivity index (χ1n) is 5.96. The van der Waals surface area contributed by atoms with Gasteiger partial charge in [-0.05, 0) is 29.8 Å². The number of carbonyl (C=O) groups excluding carboxylic acids is 1. The maximum Gasteiger partial charge on any atom is 0.255 e. The lowest BCUT2D eigenvalue weighted by molar-refractivity contribution is 0.0784. The Kier molecular flexibility index (Phi) is 4.49. The number of benzene rings is 1. The third kappa shape index (κ3) is 3.43. The molecule has 5 heteroatoms. The molecule has 1 amide bonds. The summed E-state index contributed by atoms with van der Waals surface area (Å²) in [5, 5.41) is 8.68. The van der Waals surface area contributed by atoms with Crippen LogP contribution in [0.25, 0.3) is 0 Å². The summed E-state index contributed by atoms with van der Waals surface area (Å²) >= 11 is 3.38. The largest absolute Gasteiger partial charge is 0.337 e. The number of hydrogen-bond acceptors (Lipinski definition) is 3. The van der Waals surface area contributed by atoms with E-state index in [9.17, 15) is 4.79 Å². The number of aromatic nitrogens is 1. The van der Waals surface area contributed by atoms with Crippen molar-refractivity contribution in [1.82, 2.24) is 9.88 Å². The molecular formula is C15H12BrN3O. The van der Waals surface area contributed by atoms with Gasteiger partial charge in [-0.25, -0.2) is 4.98 Å². The second kappa shape index (κ2) is 6.31. The van der Waals surface area contributed by atoms with E-state index in [0.29, 0.717) is 17.8 Å². The van der Waals surface area contributed by atoms with Crippen LogP contribution in [-0.4, -0.2) is 22.8 Å². The van der Waals surface area contributed by atoms with Gasteiger partial charge in [-0.2, -0.15) is 5.26 Å². The van der Waals surface area contributed by atoms with Crippen molar-refractivity contribution < 1.29 is 4.79 Å². The van der Waals surface area contributed by atoms with Gasteiger partial charge in [-0.3, -0.25) is 4.79 Å². The van der Waals surface area contributed by atoms with Gasteiger partial charge in [-0.15, -0.1) is 0 Å². The highest BCUT2D eigenvalue weighted by molar-refractivity contribution is 9.10. The van der Waals surface area contributed by atoms with Crippen LogP contribution in [0.1, 0.15) is 21.6 Å². The van der Waals surface area contributed by atoms with Gasteiger partial charge in [0.1, 0.15) is 11.8 Å². The lowest BCUT2D eigenvalue weighted by Crippen LogP contribution is -2.26. The van der Waals surface area contributed by atoms with Gasteiger partial charge < -0.3 is 4.90 Å². The number of rotatable bonds is 3. The van der Waals surface area contributed by atoms with Crippen LogP contribution in [0.5, 0.6) is 0 Å². The lowest BCUT2D eigenvalue weighted by atomic mass is 10.2. The Bertz CT molecular complexity index is 644. The summed E-state index contributed by atoms with van der Waals surface area (Å²) < 4.78 is 1.01. The van der Waals surface area contributed by atoms with E-state index in [0.717, 1.165) is 10.0 Å². The minimum Gasteiger partial charge on any atom is -0.337 e. The van der Waals surface area contributed by atoms with Crippen molar-refractivity contribution in [3.05, 3.63) is 63.9 Å². The average molecular weight is 330 g/mol. The fourth-order valence-electron chi connectivity index (χ4n) is 1.74. The summed E-state index contributed by atoms with van der Waals surface area (Å²) in [6, 6.07) is 12.9. The molecule has 100 valence electrons. The molecule has 0 aliphatic carbocycles. The Balaban J connectivity index is 2.08. The highest BCUT2D eigenvalue weighted by Gasteiger charge is 2.12. The molecule has 4 nitrogen and oxygen atoms in total. The summed E-state index contributed by atoms with van der Waals surface area (Å²) in [7, 11) is 1.74. The summed E-state index contributed by atoms with van der Waals surface area (Å²) in [4.78, 5) is 17.7. The van der Waals surface area contributed by atoms with Crippen molar-refractivity contribution in [2.24, 2.45) is 0 Å². The van der Waals surface area contributed by atoms with E-state index in [1.807, 2.05) is 30.3 Å². The smallest absolute Gasteiger partial charge is 0.255 e. The molecule has 0 aliphatic rings. The highest BCUT2D eigenvalue weighted by atomic mass is 79.9. The number of carbonyl (C=O) groups is 1. The van der Waals surface area contributed by atoms with Crippen LogP contribution in [0, 0.1) is 11.3 Å². The van der Waals surface area contributed by atoms with E-state index < -0.39 is 0 Å². The van der Waals surface area contributed by atoms with Crippen LogP contribution in [-0.2, 0) is 6.54 Å². The first-order chi connectivity index (χ1) is 9.60. The number of pyridine rings is 1. The van der Waals surface area contributed by atoms with Crippen LogP contribution in [0.4, 0.5) is 0 Å². The van der Waals surface area contributed by atoms with Crippen molar-refractivity contribution in [3.8, 4) is 6.07 Å². The van der Waals surface area contributed by atoms with Gasteiger partial charge in [0.05, 0.1) is 5.56 Å². The summed E-state index contributed by atoms with van der Waals surface area (Å²) in [6.07, 6.45) is 1.43. The SMILES string of the molecule is CN(Cc1ccc(Br)cc1)C(=O)c1ccc(C#N)nc1. The lowest BCUT2D eigenvalue weighted by Gasteiger charge is -2.17. The molecule has 0 N–H and O–H groups in total. The molecular weight excluding hydrogens is 318 g/mol. The van der Waals surface area contributed by atoms with Crippen LogP contribution in [0.2, 0.25) is 0 Å². The molecule has 0 unspecified atom stereocenters. The van der Waals surface area contributed by atoms with Crippen molar-refractivity contribution >= 4 is 21.8 Å². The standard InChI is InChI=1S/C15H12BrN3O/c1-19(10-11-2-5-13(16)6-3-11)15(20)12-4-7-14(8-17)18-9-12/h2-7,9H,10H2,1H3. The third-order valence-electron chi connectivity index (χ3n) is 2.80. The normalized spacial score (nSPS) is 9.85. The Morgan fingerprint density at radius 3 is 2.55 bits per heavy atom. The maximum absolute atomic E-state index is 12.2. The summed E-state index contributed by atoms with van der Waals surface area (Å²) in [6.45, 7) is 0.520. The predicted octanol–water partition coefficient (Wildman–Crippen LogP) is 2.99. The van der Waals surface area contributed by atoms with Gasteiger partial charge in [0.15, 0.2) is 0 Å². The number of hydrogen-bond donors (Lipinski definition) is 0. The van der Waals surface area contributed by atoms with Crippen LogP contribution >= 0.6 is 15.9 Å². The number of amides is 1. The summed E-state index contributed by atoms with van der Waals surface area (Å²) in [5.74, 6) is -0.120. The van der Waals surface area contributed by atoms with Crippen LogP contribution < -0.4 is 0 Å². The first-order valence-corrected chi connectivity index (χ1v) is 6.75. The Hall–Kier alpha value is -2.19. The first kappa shape index (κ1) is 14.2. The fraction of sp³-hybridized carbons (Fsp3) is 0.133. The zero-order valence-electron chi connectivity index (χ0n) is 10.9. The Labute approximate surface area is 125 Å². The number of halogens is 1. The second-order valence-electron chi connectivity index (χ2n) is 4.33. The molecule has 1 aromatic heterocycles. The average Bonchev–Trinajstić information content (AvgIpc) is 2.49. The van der Waals surface area contributed by atoms with Gasteiger partial charge >= 0.3 is 0 Å². The molecule has 0 bridgehead atoms. The monoisotopic (exact) mass is 329 g/mol. The molecule has 0 atom stereocenters. The molecule has 1 heterocycles. The molecule has 0 radical (unpaired) electrons. The molecule has 20 heavy (non-hydrogen) atoms. The molecule has 0 spiro atoms. The zero-order chi connectivity index (χ0) is 14.5. The number of nitriles is 1. The third-order valence-corrected chi connectivity index (χ3v) is 3.33. The van der Waals surface area contributed by atoms with Crippen LogP contribution in [0.3, 0.4) is 0 Å². The molecule has 0 fully saturated rings. The highest BCUT2D eigenvalue weighted by Crippen LogP contribution is 2.13. The van der Waals surface area contributed by atoms with Crippen molar-refractivity contribution in [3.63, 3.8) is 0 Å². The molecule has 2 rings (SSSR count). The Morgan fingerprint density at radius 1 is 1.30 bits per heavy atom. The van der Waals surface area contributed by atoms with E-state index in [-0.39, 0.29) is 5.91 Å². The van der Waals surface area contributed by atoms with E-state index in [2.05, 4.69) is 20.9 Å². The number of nitrogens with zero attached hydrogens (tertiary/aromatic N) is 3. The van der Waals surface area contributed by atoms with E-state index >= 15 is 0 Å². The fourth-order valence-corrected chi connectivity index (χ4v) is 2.01. The van der Waals surface area contributed by atoms with Crippen molar-refractivity contribution in [1.29, 1.82) is 5.26 Å². The van der Waals surface area contributed by atoms with E-state index in [1.54, 1.807) is 24.1 Å². The second-order valence-corrected chi connectivity index (χ2v) is 5.25. The van der Waals surface area contributed by atoms with Gasteiger partial charge in [-0.1, -0.05) is 28.1 Å². The molecule has 0 saturated carbocycles. The maximum atomic E-state index is 12.2. The summed E-state index contributed by atoms with van der Waals surface area (Å²) in [5.41, 5.74) is 1.83. The quantitative estimate of drug-likeness (QED) is 0.869. The molecule has 0 saturated heterocycles. The zero-order valence-corrected chi connectivity index (χ0v) is 12.5. The van der Waals surface area contributed by atoms with Gasteiger partial charge in [0.25, 0.3) is 5.91 Å². The van der Waals surface area contributed by atoms with Gasteiger partial charge in [0.2, 0.25) is 0 Å². The topological polar surface area (TPSA) is 57.0 Å². The van der Waals surface area contributed by atoms with Gasteiger partial charge in [0, 0.05) is 24.3 Å². The minimum absolute atomic E-state index is 0.120. The molecule has 2 aromatic rings. The van der Waals surface area contributed by atoms with E-state index in [4.69, 9.17) is 5.26 Å². The van der Waals surface area contributed by atoms with E-state index in [1.165, 1.54) is 6.20 Å². The molecule has 1 aromatic carbocycles. The van der Waals surface area contributed by atoms with Crippen molar-refractivity contribution in [2.45, 2.75) is 6.54 Å². The molecule has 0 aliphatic heterocycles.